The molecule has 2 heterocycles. The van der Waals surface area contributed by atoms with E-state index in [2.05, 4.69) is 0 Å². The first-order valence-electron chi connectivity index (χ1n) is 16.4. The standard InChI is InChI=1S/C32H50O10/c33-29(38-18-8-2-6-12-31(35)40-22-23-13-15-25-27(20-23)41-25)10-4-1-7-17-37-30(34)11-5-3-9-19-39-32(36)24-14-16-26-28(21-24)42-26/h23-28H,1-22H2. The predicted molar refractivity (Wildman–Crippen MR) is 151 cm³/mol. The molecule has 0 aromatic heterocycles. The van der Waals surface area contributed by atoms with Crippen LogP contribution >= 0.6 is 0 Å². The minimum absolute atomic E-state index is 0.0212. The van der Waals surface area contributed by atoms with Gasteiger partial charge in [-0.25, -0.2) is 0 Å². The summed E-state index contributed by atoms with van der Waals surface area (Å²) in [5.41, 5.74) is 0. The van der Waals surface area contributed by atoms with Crippen molar-refractivity contribution >= 4 is 23.9 Å². The van der Waals surface area contributed by atoms with E-state index in [0.717, 1.165) is 77.0 Å². The molecular formula is C32H50O10. The molecule has 4 aliphatic rings. The van der Waals surface area contributed by atoms with Gasteiger partial charge in [0.05, 0.1) is 56.8 Å². The molecule has 0 bridgehead atoms. The molecule has 2 aliphatic carbocycles. The van der Waals surface area contributed by atoms with Crippen molar-refractivity contribution in [1.82, 2.24) is 0 Å². The van der Waals surface area contributed by atoms with Gasteiger partial charge in [-0.1, -0.05) is 0 Å². The van der Waals surface area contributed by atoms with Crippen molar-refractivity contribution in [2.75, 3.05) is 26.4 Å². The third-order valence-corrected chi connectivity index (χ3v) is 8.78. The van der Waals surface area contributed by atoms with E-state index in [0.29, 0.717) is 89.2 Å². The van der Waals surface area contributed by atoms with Crippen LogP contribution in [0.5, 0.6) is 0 Å². The maximum atomic E-state index is 12.1. The number of fused-ring (bicyclic) bond motifs is 2. The Labute approximate surface area is 249 Å². The number of esters is 4. The summed E-state index contributed by atoms with van der Waals surface area (Å²) in [6, 6.07) is 0. The minimum Gasteiger partial charge on any atom is -0.466 e. The molecule has 10 heteroatoms. The van der Waals surface area contributed by atoms with E-state index >= 15 is 0 Å². The van der Waals surface area contributed by atoms with Crippen LogP contribution in [-0.4, -0.2) is 74.7 Å². The van der Waals surface area contributed by atoms with Gasteiger partial charge in [0.25, 0.3) is 0 Å². The summed E-state index contributed by atoms with van der Waals surface area (Å²) in [5.74, 6) is -0.265. The highest BCUT2D eigenvalue weighted by Gasteiger charge is 2.46. The van der Waals surface area contributed by atoms with E-state index in [1.165, 1.54) is 0 Å². The molecule has 0 radical (unpaired) electrons. The zero-order valence-corrected chi connectivity index (χ0v) is 25.1. The zero-order valence-electron chi connectivity index (χ0n) is 25.1. The molecule has 238 valence electrons. The summed E-state index contributed by atoms with van der Waals surface area (Å²) in [6.07, 6.45) is 15.2. The highest BCUT2D eigenvalue weighted by atomic mass is 16.6. The number of hydrogen-bond donors (Lipinski definition) is 0. The van der Waals surface area contributed by atoms with Gasteiger partial charge in [0.1, 0.15) is 0 Å². The lowest BCUT2D eigenvalue weighted by molar-refractivity contribution is -0.150. The molecule has 4 fully saturated rings. The number of ether oxygens (including phenoxy) is 6. The average Bonchev–Trinajstić information content (AvgIpc) is 3.91. The van der Waals surface area contributed by atoms with E-state index in [-0.39, 0.29) is 35.9 Å². The Kier molecular flexibility index (Phi) is 13.9. The van der Waals surface area contributed by atoms with Gasteiger partial charge in [-0.2, -0.15) is 0 Å². The summed E-state index contributed by atoms with van der Waals surface area (Å²) in [6.45, 7) is 1.63. The van der Waals surface area contributed by atoms with Gasteiger partial charge in [-0.3, -0.25) is 19.2 Å². The monoisotopic (exact) mass is 594 g/mol. The second-order valence-electron chi connectivity index (χ2n) is 12.3. The molecule has 2 saturated carbocycles. The van der Waals surface area contributed by atoms with Crippen molar-refractivity contribution in [3.63, 3.8) is 0 Å². The third-order valence-electron chi connectivity index (χ3n) is 8.78. The molecule has 42 heavy (non-hydrogen) atoms. The molecule has 0 aromatic rings. The van der Waals surface area contributed by atoms with Crippen molar-refractivity contribution in [1.29, 1.82) is 0 Å². The topological polar surface area (TPSA) is 130 Å². The highest BCUT2D eigenvalue weighted by molar-refractivity contribution is 5.72. The lowest BCUT2D eigenvalue weighted by Crippen LogP contribution is -2.24. The van der Waals surface area contributed by atoms with Crippen molar-refractivity contribution < 1.29 is 47.6 Å². The maximum absolute atomic E-state index is 12.1. The number of carbonyl (C=O) groups excluding carboxylic acids is 4. The van der Waals surface area contributed by atoms with Crippen molar-refractivity contribution in [2.24, 2.45) is 11.8 Å². The van der Waals surface area contributed by atoms with Gasteiger partial charge in [0, 0.05) is 19.3 Å². The fraction of sp³-hybridized carbons (Fsp3) is 0.875. The lowest BCUT2D eigenvalue weighted by Gasteiger charge is -2.18. The molecule has 10 nitrogen and oxygen atoms in total. The van der Waals surface area contributed by atoms with Gasteiger partial charge in [-0.05, 0) is 102 Å². The van der Waals surface area contributed by atoms with Crippen LogP contribution in [0.15, 0.2) is 0 Å². The van der Waals surface area contributed by atoms with Crippen LogP contribution < -0.4 is 0 Å². The fourth-order valence-corrected chi connectivity index (χ4v) is 5.99. The van der Waals surface area contributed by atoms with E-state index in [1.807, 2.05) is 0 Å². The Hall–Kier alpha value is -2.20. The second kappa shape index (κ2) is 17.8. The van der Waals surface area contributed by atoms with Crippen LogP contribution in [0, 0.1) is 11.8 Å². The van der Waals surface area contributed by atoms with Gasteiger partial charge in [0.15, 0.2) is 0 Å². The molecule has 4 rings (SSSR count). The Morgan fingerprint density at radius 3 is 1.55 bits per heavy atom. The molecule has 2 aliphatic heterocycles. The summed E-state index contributed by atoms with van der Waals surface area (Å²) in [5, 5.41) is 0. The predicted octanol–water partition coefficient (Wildman–Crippen LogP) is 4.98. The number of rotatable bonds is 21. The largest absolute Gasteiger partial charge is 0.466 e. The fourth-order valence-electron chi connectivity index (χ4n) is 5.99. The average molecular weight is 595 g/mol. The molecule has 6 unspecified atom stereocenters. The van der Waals surface area contributed by atoms with Crippen LogP contribution in [0.4, 0.5) is 0 Å². The molecule has 0 amide bonds. The Morgan fingerprint density at radius 1 is 0.500 bits per heavy atom. The molecule has 0 aromatic carbocycles. The van der Waals surface area contributed by atoms with Gasteiger partial charge in [0.2, 0.25) is 0 Å². The van der Waals surface area contributed by atoms with E-state index < -0.39 is 0 Å². The smallest absolute Gasteiger partial charge is 0.309 e. The second-order valence-corrected chi connectivity index (χ2v) is 12.3. The quantitative estimate of drug-likeness (QED) is 0.0776. The van der Waals surface area contributed by atoms with Crippen LogP contribution in [-0.2, 0) is 47.6 Å². The van der Waals surface area contributed by atoms with Crippen molar-refractivity contribution in [3.8, 4) is 0 Å². The first-order valence-corrected chi connectivity index (χ1v) is 16.4. The lowest BCUT2D eigenvalue weighted by atomic mass is 9.89. The normalized spacial score (nSPS) is 27.2. The van der Waals surface area contributed by atoms with Crippen molar-refractivity contribution in [2.45, 2.75) is 140 Å². The van der Waals surface area contributed by atoms with Gasteiger partial charge < -0.3 is 28.4 Å². The first-order chi connectivity index (χ1) is 20.5. The summed E-state index contributed by atoms with van der Waals surface area (Å²) in [4.78, 5) is 47.8. The molecule has 6 atom stereocenters. The maximum Gasteiger partial charge on any atom is 0.309 e. The van der Waals surface area contributed by atoms with E-state index in [1.54, 1.807) is 0 Å². The van der Waals surface area contributed by atoms with E-state index in [9.17, 15) is 19.2 Å². The van der Waals surface area contributed by atoms with E-state index in [4.69, 9.17) is 28.4 Å². The van der Waals surface area contributed by atoms with Crippen molar-refractivity contribution in [3.05, 3.63) is 0 Å². The first kappa shape index (κ1) is 32.7. The summed E-state index contributed by atoms with van der Waals surface area (Å²) in [7, 11) is 0. The number of carbonyl (C=O) groups is 4. The number of epoxide rings is 2. The van der Waals surface area contributed by atoms with Crippen LogP contribution in [0.2, 0.25) is 0 Å². The van der Waals surface area contributed by atoms with Crippen LogP contribution in [0.3, 0.4) is 0 Å². The van der Waals surface area contributed by atoms with Crippen LogP contribution in [0.25, 0.3) is 0 Å². The Balaban J connectivity index is 0.845. The zero-order chi connectivity index (χ0) is 29.6. The molecular weight excluding hydrogens is 544 g/mol. The Morgan fingerprint density at radius 2 is 1.00 bits per heavy atom. The van der Waals surface area contributed by atoms with Gasteiger partial charge >= 0.3 is 23.9 Å². The minimum atomic E-state index is -0.212. The third kappa shape index (κ3) is 12.6. The number of hydrogen-bond acceptors (Lipinski definition) is 10. The summed E-state index contributed by atoms with van der Waals surface area (Å²) < 4.78 is 32.3. The highest BCUT2D eigenvalue weighted by Crippen LogP contribution is 2.40. The SMILES string of the molecule is O=C(CCCCCOC(=O)CCCCCOC(=O)C1CCC2OC2C1)OCCCCCC(=O)OCC1CCC2OC2C1. The van der Waals surface area contributed by atoms with Gasteiger partial charge in [-0.15, -0.1) is 0 Å². The molecule has 0 spiro atoms. The number of unbranched alkanes of at least 4 members (excludes halogenated alkanes) is 6. The Bertz CT molecular complexity index is 875. The molecule has 0 N–H and O–H groups in total. The summed E-state index contributed by atoms with van der Waals surface area (Å²) >= 11 is 0. The molecule has 2 saturated heterocycles. The van der Waals surface area contributed by atoms with Crippen LogP contribution in [0.1, 0.15) is 116 Å².